The number of hydrogen-bond acceptors (Lipinski definition) is 2. The number of halogens is 1. The van der Waals surface area contributed by atoms with Crippen LogP contribution in [0, 0.1) is 19.7 Å². The van der Waals surface area contributed by atoms with Gasteiger partial charge in [-0.1, -0.05) is 6.07 Å². The van der Waals surface area contributed by atoms with E-state index in [0.717, 1.165) is 16.8 Å². The Balaban J connectivity index is 1.76. The molecule has 0 fully saturated rings. The van der Waals surface area contributed by atoms with Gasteiger partial charge in [0.25, 0.3) is 5.91 Å². The molecule has 2 aromatic carbocycles. The monoisotopic (exact) mass is 388 g/mol. The van der Waals surface area contributed by atoms with Crippen LogP contribution in [-0.2, 0) is 7.05 Å². The fourth-order valence-corrected chi connectivity index (χ4v) is 3.19. The first-order valence-corrected chi connectivity index (χ1v) is 9.29. The SMILES string of the molecule is Cc1ccc(NC(=O)c2cc(-c3cccn3C)nn2-c2ccc(F)cc2)cc1C. The number of hydrogen-bond donors (Lipinski definition) is 1. The molecule has 6 heteroatoms. The molecule has 0 unspecified atom stereocenters. The van der Waals surface area contributed by atoms with E-state index in [2.05, 4.69) is 10.4 Å². The van der Waals surface area contributed by atoms with Gasteiger partial charge >= 0.3 is 0 Å². The lowest BCUT2D eigenvalue weighted by Crippen LogP contribution is -2.17. The van der Waals surface area contributed by atoms with E-state index in [1.54, 1.807) is 18.2 Å². The average molecular weight is 388 g/mol. The quantitative estimate of drug-likeness (QED) is 0.541. The van der Waals surface area contributed by atoms with Crippen LogP contribution in [0.25, 0.3) is 17.1 Å². The van der Waals surface area contributed by atoms with Crippen molar-refractivity contribution < 1.29 is 9.18 Å². The van der Waals surface area contributed by atoms with Crippen LogP contribution in [0.4, 0.5) is 10.1 Å². The maximum absolute atomic E-state index is 13.4. The number of aryl methyl sites for hydroxylation is 3. The molecule has 0 radical (unpaired) electrons. The zero-order valence-corrected chi connectivity index (χ0v) is 16.5. The van der Waals surface area contributed by atoms with Crippen LogP contribution >= 0.6 is 0 Å². The van der Waals surface area contributed by atoms with Gasteiger partial charge in [-0.15, -0.1) is 0 Å². The zero-order valence-electron chi connectivity index (χ0n) is 16.5. The van der Waals surface area contributed by atoms with Crippen LogP contribution in [0.15, 0.2) is 66.9 Å². The summed E-state index contributed by atoms with van der Waals surface area (Å²) in [5.41, 5.74) is 5.48. The molecule has 1 amide bonds. The highest BCUT2D eigenvalue weighted by Gasteiger charge is 2.19. The Morgan fingerprint density at radius 2 is 1.76 bits per heavy atom. The molecule has 0 spiro atoms. The summed E-state index contributed by atoms with van der Waals surface area (Å²) in [7, 11) is 1.92. The van der Waals surface area contributed by atoms with Gasteiger partial charge in [-0.25, -0.2) is 9.07 Å². The van der Waals surface area contributed by atoms with E-state index in [0.29, 0.717) is 22.8 Å². The van der Waals surface area contributed by atoms with Gasteiger partial charge in [-0.2, -0.15) is 5.10 Å². The molecule has 0 aliphatic heterocycles. The number of nitrogens with zero attached hydrogens (tertiary/aromatic N) is 3. The lowest BCUT2D eigenvalue weighted by atomic mass is 10.1. The largest absolute Gasteiger partial charge is 0.349 e. The number of carbonyl (C=O) groups is 1. The van der Waals surface area contributed by atoms with Crippen molar-refractivity contribution in [1.82, 2.24) is 14.3 Å². The minimum atomic E-state index is -0.343. The van der Waals surface area contributed by atoms with Crippen LogP contribution in [0.2, 0.25) is 0 Å². The minimum absolute atomic E-state index is 0.287. The molecular weight excluding hydrogens is 367 g/mol. The molecule has 29 heavy (non-hydrogen) atoms. The number of benzene rings is 2. The van der Waals surface area contributed by atoms with Crippen molar-refractivity contribution in [2.24, 2.45) is 7.05 Å². The summed E-state index contributed by atoms with van der Waals surface area (Å²) in [6, 6.07) is 17.3. The summed E-state index contributed by atoms with van der Waals surface area (Å²) in [6.45, 7) is 4.03. The topological polar surface area (TPSA) is 51.9 Å². The Bertz CT molecular complexity index is 1190. The van der Waals surface area contributed by atoms with Gasteiger partial charge < -0.3 is 9.88 Å². The first kappa shape index (κ1) is 18.7. The van der Waals surface area contributed by atoms with Crippen molar-refractivity contribution in [3.05, 3.63) is 89.5 Å². The maximum Gasteiger partial charge on any atom is 0.274 e. The van der Waals surface area contributed by atoms with Crippen LogP contribution in [0.3, 0.4) is 0 Å². The van der Waals surface area contributed by atoms with E-state index in [1.807, 2.05) is 62.0 Å². The fraction of sp³-hybridized carbons (Fsp3) is 0.130. The van der Waals surface area contributed by atoms with Crippen molar-refractivity contribution in [2.45, 2.75) is 13.8 Å². The second kappa shape index (κ2) is 7.39. The van der Waals surface area contributed by atoms with Crippen LogP contribution in [-0.4, -0.2) is 20.3 Å². The first-order valence-electron chi connectivity index (χ1n) is 9.29. The van der Waals surface area contributed by atoms with Crippen molar-refractivity contribution in [2.75, 3.05) is 5.32 Å². The van der Waals surface area contributed by atoms with Gasteiger partial charge in [0, 0.05) is 18.9 Å². The number of aromatic nitrogens is 3. The number of carbonyl (C=O) groups excluding carboxylic acids is 1. The second-order valence-corrected chi connectivity index (χ2v) is 7.06. The van der Waals surface area contributed by atoms with Gasteiger partial charge in [0.1, 0.15) is 17.2 Å². The number of nitrogens with one attached hydrogen (secondary N) is 1. The second-order valence-electron chi connectivity index (χ2n) is 7.06. The van der Waals surface area contributed by atoms with E-state index in [9.17, 15) is 9.18 Å². The molecule has 4 rings (SSSR count). The lowest BCUT2D eigenvalue weighted by molar-refractivity contribution is 0.101. The molecule has 0 aliphatic carbocycles. The minimum Gasteiger partial charge on any atom is -0.349 e. The average Bonchev–Trinajstić information content (AvgIpc) is 3.31. The summed E-state index contributed by atoms with van der Waals surface area (Å²) < 4.78 is 16.9. The van der Waals surface area contributed by atoms with E-state index >= 15 is 0 Å². The molecular formula is C23H21FN4O. The van der Waals surface area contributed by atoms with E-state index in [4.69, 9.17) is 0 Å². The molecule has 0 saturated heterocycles. The van der Waals surface area contributed by atoms with Gasteiger partial charge in [-0.3, -0.25) is 4.79 Å². The predicted molar refractivity (Wildman–Crippen MR) is 112 cm³/mol. The third-order valence-electron chi connectivity index (χ3n) is 4.98. The molecule has 4 aromatic rings. The Hall–Kier alpha value is -3.67. The van der Waals surface area contributed by atoms with Gasteiger partial charge in [0.2, 0.25) is 0 Å². The molecule has 0 aliphatic rings. The van der Waals surface area contributed by atoms with E-state index in [-0.39, 0.29) is 11.7 Å². The third-order valence-corrected chi connectivity index (χ3v) is 4.98. The predicted octanol–water partition coefficient (Wildman–Crippen LogP) is 4.89. The molecule has 2 aromatic heterocycles. The van der Waals surface area contributed by atoms with Crippen molar-refractivity contribution in [1.29, 1.82) is 0 Å². The van der Waals surface area contributed by atoms with Gasteiger partial charge in [-0.05, 0) is 79.6 Å². The molecule has 146 valence electrons. The third kappa shape index (κ3) is 3.69. The van der Waals surface area contributed by atoms with E-state index < -0.39 is 0 Å². The highest BCUT2D eigenvalue weighted by molar-refractivity contribution is 6.04. The van der Waals surface area contributed by atoms with Crippen molar-refractivity contribution in [3.63, 3.8) is 0 Å². The summed E-state index contributed by atoms with van der Waals surface area (Å²) in [5.74, 6) is -0.629. The van der Waals surface area contributed by atoms with Crippen LogP contribution in [0.1, 0.15) is 21.6 Å². The van der Waals surface area contributed by atoms with Gasteiger partial charge in [0.05, 0.1) is 11.4 Å². The Labute approximate surface area is 168 Å². The number of amides is 1. The maximum atomic E-state index is 13.4. The highest BCUT2D eigenvalue weighted by atomic mass is 19.1. The summed E-state index contributed by atoms with van der Waals surface area (Å²) in [5, 5.41) is 7.56. The summed E-state index contributed by atoms with van der Waals surface area (Å²) >= 11 is 0. The smallest absolute Gasteiger partial charge is 0.274 e. The van der Waals surface area contributed by atoms with Gasteiger partial charge in [0.15, 0.2) is 0 Å². The zero-order chi connectivity index (χ0) is 20.5. The number of rotatable bonds is 4. The van der Waals surface area contributed by atoms with E-state index in [1.165, 1.54) is 16.8 Å². The summed E-state index contributed by atoms with van der Waals surface area (Å²) in [4.78, 5) is 13.1. The molecule has 0 bridgehead atoms. The first-order chi connectivity index (χ1) is 13.9. The Kier molecular flexibility index (Phi) is 4.76. The normalized spacial score (nSPS) is 10.9. The molecule has 0 saturated carbocycles. The van der Waals surface area contributed by atoms with Crippen molar-refractivity contribution in [3.8, 4) is 17.1 Å². The van der Waals surface area contributed by atoms with Crippen LogP contribution < -0.4 is 5.32 Å². The molecule has 2 heterocycles. The molecule has 0 atom stereocenters. The molecule has 1 N–H and O–H groups in total. The Morgan fingerprint density at radius 3 is 2.41 bits per heavy atom. The molecule has 5 nitrogen and oxygen atoms in total. The highest BCUT2D eigenvalue weighted by Crippen LogP contribution is 2.23. The summed E-state index contributed by atoms with van der Waals surface area (Å²) in [6.07, 6.45) is 1.92. The van der Waals surface area contributed by atoms with Crippen molar-refractivity contribution >= 4 is 11.6 Å². The van der Waals surface area contributed by atoms with Crippen LogP contribution in [0.5, 0.6) is 0 Å². The number of anilines is 1. The lowest BCUT2D eigenvalue weighted by Gasteiger charge is -2.10. The fourth-order valence-electron chi connectivity index (χ4n) is 3.19. The standard InChI is InChI=1S/C23H21FN4O/c1-15-6-9-18(13-16(15)2)25-23(29)22-14-20(21-5-4-12-27(21)3)26-28(22)19-10-7-17(24)8-11-19/h4-14H,1-3H3,(H,25,29). The Morgan fingerprint density at radius 1 is 1.00 bits per heavy atom.